The van der Waals surface area contributed by atoms with Crippen molar-refractivity contribution < 1.29 is 23.9 Å². The molecular weight excluding hydrogens is 532 g/mol. The average molecular weight is 549 g/mol. The van der Waals surface area contributed by atoms with E-state index in [0.29, 0.717) is 32.9 Å². The van der Waals surface area contributed by atoms with E-state index in [1.54, 1.807) is 44.2 Å². The second-order valence-corrected chi connectivity index (χ2v) is 9.80. The van der Waals surface area contributed by atoms with E-state index in [9.17, 15) is 14.4 Å². The van der Waals surface area contributed by atoms with Crippen LogP contribution in [0, 0.1) is 0 Å². The number of nitrogens with zero attached hydrogens (tertiary/aromatic N) is 1. The highest BCUT2D eigenvalue weighted by Gasteiger charge is 2.36. The molecule has 0 bridgehead atoms. The normalized spacial score (nSPS) is 15.0. The molecule has 11 heteroatoms. The summed E-state index contributed by atoms with van der Waals surface area (Å²) in [6.45, 7) is 3.01. The number of hydrogen-bond acceptors (Lipinski definition) is 6. The molecule has 0 saturated carbocycles. The third-order valence-corrected chi connectivity index (χ3v) is 6.29. The highest BCUT2D eigenvalue weighted by atomic mass is 35.5. The van der Waals surface area contributed by atoms with Gasteiger partial charge >= 0.3 is 5.97 Å². The van der Waals surface area contributed by atoms with Crippen molar-refractivity contribution in [1.29, 1.82) is 0 Å². The van der Waals surface area contributed by atoms with Gasteiger partial charge in [0.25, 0.3) is 11.1 Å². The summed E-state index contributed by atoms with van der Waals surface area (Å²) >= 11 is 25.4. The van der Waals surface area contributed by atoms with Gasteiger partial charge in [-0.2, -0.15) is 0 Å². The number of imide groups is 1. The van der Waals surface area contributed by atoms with Gasteiger partial charge in [0.05, 0.1) is 21.1 Å². The molecule has 0 spiro atoms. The number of thioether (sulfide) groups is 1. The Kier molecular flexibility index (Phi) is 8.59. The Bertz CT molecular complexity index is 1130. The lowest BCUT2D eigenvalue weighted by molar-refractivity contribution is -0.149. The van der Waals surface area contributed by atoms with E-state index in [2.05, 4.69) is 0 Å². The zero-order valence-corrected chi connectivity index (χ0v) is 21.2. The smallest absolute Gasteiger partial charge is 0.326 e. The standard InChI is InChI=1S/C22H17Cl4NO5S/c1-11(2)32-19(28)9-27-21(29)18(33-22(27)30)7-12-5-16(25)20(17(26)6-12)31-10-13-3-4-14(23)8-15(13)24/h3-8,11H,9-10H2,1-2H3/b18-7+. The number of rotatable bonds is 7. The molecule has 2 aromatic rings. The molecule has 1 aliphatic heterocycles. The minimum atomic E-state index is -0.665. The summed E-state index contributed by atoms with van der Waals surface area (Å²) in [5.41, 5.74) is 1.18. The first-order chi connectivity index (χ1) is 15.5. The highest BCUT2D eigenvalue weighted by Crippen LogP contribution is 2.38. The van der Waals surface area contributed by atoms with E-state index in [4.69, 9.17) is 55.9 Å². The quantitative estimate of drug-likeness (QED) is 0.278. The van der Waals surface area contributed by atoms with E-state index >= 15 is 0 Å². The molecular formula is C22H17Cl4NO5S. The lowest BCUT2D eigenvalue weighted by Gasteiger charge is -2.13. The van der Waals surface area contributed by atoms with E-state index in [0.717, 1.165) is 4.90 Å². The van der Waals surface area contributed by atoms with Crippen molar-refractivity contribution in [3.63, 3.8) is 0 Å². The van der Waals surface area contributed by atoms with Crippen LogP contribution in [0.4, 0.5) is 4.79 Å². The first-order valence-electron chi connectivity index (χ1n) is 9.55. The number of benzene rings is 2. The molecule has 2 aromatic carbocycles. The lowest BCUT2D eigenvalue weighted by Crippen LogP contribution is -2.35. The first-order valence-corrected chi connectivity index (χ1v) is 11.9. The fourth-order valence-corrected chi connectivity index (χ4v) is 4.72. The second-order valence-electron chi connectivity index (χ2n) is 7.14. The number of esters is 1. The molecule has 174 valence electrons. The predicted octanol–water partition coefficient (Wildman–Crippen LogP) is 6.87. The Morgan fingerprint density at radius 2 is 1.73 bits per heavy atom. The van der Waals surface area contributed by atoms with Gasteiger partial charge < -0.3 is 9.47 Å². The number of ether oxygens (including phenoxy) is 2. The summed E-state index contributed by atoms with van der Waals surface area (Å²) in [4.78, 5) is 37.6. The molecule has 1 fully saturated rings. The van der Waals surface area contributed by atoms with E-state index in [-0.39, 0.29) is 33.4 Å². The van der Waals surface area contributed by atoms with Crippen LogP contribution < -0.4 is 4.74 Å². The molecule has 0 unspecified atom stereocenters. The minimum absolute atomic E-state index is 0.111. The fraction of sp³-hybridized carbons (Fsp3) is 0.227. The van der Waals surface area contributed by atoms with Crippen molar-refractivity contribution in [2.75, 3.05) is 6.54 Å². The van der Waals surface area contributed by atoms with Crippen LogP contribution in [0.2, 0.25) is 20.1 Å². The third kappa shape index (κ3) is 6.58. The van der Waals surface area contributed by atoms with Crippen molar-refractivity contribution >= 4 is 81.4 Å². The number of amides is 2. The minimum Gasteiger partial charge on any atom is -0.486 e. The Labute approximate surface area is 214 Å². The van der Waals surface area contributed by atoms with Crippen LogP contribution in [-0.4, -0.2) is 34.7 Å². The molecule has 0 atom stereocenters. The van der Waals surface area contributed by atoms with Gasteiger partial charge in [0.15, 0.2) is 5.75 Å². The summed E-state index contributed by atoms with van der Waals surface area (Å²) in [5, 5.41) is 0.797. The Morgan fingerprint density at radius 3 is 2.33 bits per heavy atom. The number of halogens is 4. The van der Waals surface area contributed by atoms with E-state index in [1.807, 2.05) is 0 Å². The summed E-state index contributed by atoms with van der Waals surface area (Å²) in [6, 6.07) is 8.12. The SMILES string of the molecule is CC(C)OC(=O)CN1C(=O)S/C(=C/c2cc(Cl)c(OCc3ccc(Cl)cc3Cl)c(Cl)c2)C1=O. The van der Waals surface area contributed by atoms with Crippen LogP contribution in [-0.2, 0) is 20.9 Å². The summed E-state index contributed by atoms with van der Waals surface area (Å²) in [5.74, 6) is -1.02. The lowest BCUT2D eigenvalue weighted by atomic mass is 10.2. The van der Waals surface area contributed by atoms with Gasteiger partial charge in [0, 0.05) is 15.6 Å². The Balaban J connectivity index is 1.74. The van der Waals surface area contributed by atoms with Gasteiger partial charge in [0.2, 0.25) is 0 Å². The van der Waals surface area contributed by atoms with E-state index in [1.165, 1.54) is 6.08 Å². The molecule has 1 aliphatic rings. The van der Waals surface area contributed by atoms with Crippen molar-refractivity contribution in [1.82, 2.24) is 4.90 Å². The summed E-state index contributed by atoms with van der Waals surface area (Å²) in [7, 11) is 0. The molecule has 2 amide bonds. The van der Waals surface area contributed by atoms with E-state index < -0.39 is 23.7 Å². The molecule has 6 nitrogen and oxygen atoms in total. The number of hydrogen-bond donors (Lipinski definition) is 0. The molecule has 33 heavy (non-hydrogen) atoms. The predicted molar refractivity (Wildman–Crippen MR) is 131 cm³/mol. The average Bonchev–Trinajstić information content (AvgIpc) is 2.95. The molecule has 1 saturated heterocycles. The largest absolute Gasteiger partial charge is 0.486 e. The highest BCUT2D eigenvalue weighted by molar-refractivity contribution is 8.18. The Hall–Kier alpha value is -1.90. The first kappa shape index (κ1) is 25.7. The van der Waals surface area contributed by atoms with Crippen LogP contribution >= 0.6 is 58.2 Å². The zero-order chi connectivity index (χ0) is 24.3. The van der Waals surface area contributed by atoms with Crippen molar-refractivity contribution in [3.8, 4) is 5.75 Å². The van der Waals surface area contributed by atoms with Crippen molar-refractivity contribution in [3.05, 3.63) is 66.5 Å². The Morgan fingerprint density at radius 1 is 1.06 bits per heavy atom. The van der Waals surface area contributed by atoms with Gasteiger partial charge in [0.1, 0.15) is 13.2 Å². The molecule has 0 aromatic heterocycles. The van der Waals surface area contributed by atoms with Gasteiger partial charge in [-0.15, -0.1) is 0 Å². The van der Waals surface area contributed by atoms with Crippen LogP contribution in [0.1, 0.15) is 25.0 Å². The topological polar surface area (TPSA) is 72.9 Å². The molecule has 0 aliphatic carbocycles. The maximum Gasteiger partial charge on any atom is 0.326 e. The fourth-order valence-electron chi connectivity index (χ4n) is 2.81. The molecule has 1 heterocycles. The molecule has 0 radical (unpaired) electrons. The van der Waals surface area contributed by atoms with Crippen LogP contribution in [0.5, 0.6) is 5.75 Å². The molecule has 0 N–H and O–H groups in total. The van der Waals surface area contributed by atoms with Crippen LogP contribution in [0.15, 0.2) is 35.2 Å². The van der Waals surface area contributed by atoms with Crippen LogP contribution in [0.25, 0.3) is 6.08 Å². The van der Waals surface area contributed by atoms with Gasteiger partial charge in [-0.1, -0.05) is 52.5 Å². The number of carbonyl (C=O) groups excluding carboxylic acids is 3. The van der Waals surface area contributed by atoms with Crippen molar-refractivity contribution in [2.45, 2.75) is 26.6 Å². The maximum atomic E-state index is 12.6. The second kappa shape index (κ2) is 11.0. The third-order valence-electron chi connectivity index (χ3n) is 4.23. The molecule has 3 rings (SSSR count). The summed E-state index contributed by atoms with van der Waals surface area (Å²) in [6.07, 6.45) is 1.12. The van der Waals surface area contributed by atoms with Gasteiger partial charge in [-0.25, -0.2) is 0 Å². The monoisotopic (exact) mass is 547 g/mol. The zero-order valence-electron chi connectivity index (χ0n) is 17.4. The van der Waals surface area contributed by atoms with Crippen molar-refractivity contribution in [2.24, 2.45) is 0 Å². The number of carbonyl (C=O) groups is 3. The maximum absolute atomic E-state index is 12.6. The van der Waals surface area contributed by atoms with Gasteiger partial charge in [-0.3, -0.25) is 19.3 Å². The summed E-state index contributed by atoms with van der Waals surface area (Å²) < 4.78 is 10.7. The van der Waals surface area contributed by atoms with Gasteiger partial charge in [-0.05, 0) is 61.5 Å². The van der Waals surface area contributed by atoms with Crippen LogP contribution in [0.3, 0.4) is 0 Å².